The third kappa shape index (κ3) is 5.51. The fourth-order valence-corrected chi connectivity index (χ4v) is 2.84. The lowest BCUT2D eigenvalue weighted by Crippen LogP contribution is -2.19. The van der Waals surface area contributed by atoms with Crippen LogP contribution in [0.4, 0.5) is 0 Å². The Hall–Kier alpha value is -2.16. The number of allylic oxidation sites excluding steroid dienone is 9. The summed E-state index contributed by atoms with van der Waals surface area (Å²) in [6.45, 7) is 8.72. The molecule has 0 aromatic rings. The number of carbonyl (C=O) groups is 2. The van der Waals surface area contributed by atoms with Crippen LogP contribution in [0.1, 0.15) is 47.0 Å². The van der Waals surface area contributed by atoms with Crippen molar-refractivity contribution in [1.82, 2.24) is 0 Å². The topological polar surface area (TPSA) is 54.4 Å². The van der Waals surface area contributed by atoms with Gasteiger partial charge in [-0.1, -0.05) is 49.3 Å². The summed E-state index contributed by atoms with van der Waals surface area (Å²) in [7, 11) is 0. The first-order valence-corrected chi connectivity index (χ1v) is 7.89. The molecule has 1 N–H and O–H groups in total. The average molecular weight is 314 g/mol. The van der Waals surface area contributed by atoms with E-state index in [1.807, 2.05) is 13.0 Å². The maximum atomic E-state index is 11.2. The molecule has 0 radical (unpaired) electrons. The number of hydrogen-bond acceptors (Lipinski definition) is 3. The summed E-state index contributed by atoms with van der Waals surface area (Å²) in [6, 6.07) is 0. The number of aliphatic hydroxyl groups excluding tert-OH is 1. The van der Waals surface area contributed by atoms with Crippen LogP contribution >= 0.6 is 0 Å². The van der Waals surface area contributed by atoms with Gasteiger partial charge in [0.2, 0.25) is 5.78 Å². The summed E-state index contributed by atoms with van der Waals surface area (Å²) in [5.74, 6) is -0.741. The molecular formula is C20H26O3. The van der Waals surface area contributed by atoms with Crippen molar-refractivity contribution in [2.45, 2.75) is 47.0 Å². The van der Waals surface area contributed by atoms with Crippen LogP contribution in [-0.2, 0) is 9.59 Å². The molecule has 0 spiro atoms. The molecule has 1 rings (SSSR count). The normalized spacial score (nSPS) is 19.7. The quantitative estimate of drug-likeness (QED) is 0.252. The van der Waals surface area contributed by atoms with E-state index in [0.29, 0.717) is 6.26 Å². The lowest BCUT2D eigenvalue weighted by atomic mass is 9.72. The molecular weight excluding hydrogens is 288 g/mol. The highest BCUT2D eigenvalue weighted by Crippen LogP contribution is 2.40. The van der Waals surface area contributed by atoms with Gasteiger partial charge in [-0.15, -0.1) is 0 Å². The molecule has 0 heterocycles. The van der Waals surface area contributed by atoms with Gasteiger partial charge < -0.3 is 5.11 Å². The molecule has 1 aliphatic rings. The Labute approximate surface area is 138 Å². The Morgan fingerprint density at radius 3 is 2.52 bits per heavy atom. The number of Topliss-reactive ketones (excluding diaryl/α,β-unsaturated/α-hetero) is 1. The fourth-order valence-electron chi connectivity index (χ4n) is 2.84. The van der Waals surface area contributed by atoms with Gasteiger partial charge in [-0.2, -0.15) is 0 Å². The minimum Gasteiger partial charge on any atom is -0.515 e. The number of aliphatic hydroxyl groups is 1. The van der Waals surface area contributed by atoms with Gasteiger partial charge in [0, 0.05) is 0 Å². The molecule has 23 heavy (non-hydrogen) atoms. The van der Waals surface area contributed by atoms with Crippen molar-refractivity contribution in [2.75, 3.05) is 0 Å². The highest BCUT2D eigenvalue weighted by Gasteiger charge is 2.26. The van der Waals surface area contributed by atoms with Crippen molar-refractivity contribution in [3.8, 4) is 0 Å². The van der Waals surface area contributed by atoms with Crippen molar-refractivity contribution in [3.63, 3.8) is 0 Å². The molecule has 0 atom stereocenters. The highest BCUT2D eigenvalue weighted by atomic mass is 16.2. The molecule has 0 amide bonds. The molecule has 3 heteroatoms. The zero-order chi connectivity index (χ0) is 17.5. The number of aldehydes is 1. The van der Waals surface area contributed by atoms with E-state index in [4.69, 9.17) is 5.11 Å². The molecule has 0 fully saturated rings. The highest BCUT2D eigenvalue weighted by molar-refractivity contribution is 6.33. The molecule has 0 aliphatic heterocycles. The Morgan fingerprint density at radius 2 is 1.96 bits per heavy atom. The standard InChI is InChI=1S/C20H26O3/c1-15(7-5-9-17(13-21)19(23)14-22)10-11-18-16(2)8-6-12-20(18,3)4/h5,7,9-11,13-14,21H,6,8,12H2,1-4H3. The first kappa shape index (κ1) is 18.9. The van der Waals surface area contributed by atoms with E-state index in [1.165, 1.54) is 30.1 Å². The third-order valence-electron chi connectivity index (χ3n) is 4.22. The van der Waals surface area contributed by atoms with Crippen molar-refractivity contribution in [2.24, 2.45) is 5.41 Å². The van der Waals surface area contributed by atoms with E-state index in [2.05, 4.69) is 32.9 Å². The van der Waals surface area contributed by atoms with Gasteiger partial charge in [0.05, 0.1) is 11.8 Å². The van der Waals surface area contributed by atoms with E-state index in [1.54, 1.807) is 6.08 Å². The number of hydrogen-bond donors (Lipinski definition) is 1. The summed E-state index contributed by atoms with van der Waals surface area (Å²) in [4.78, 5) is 21.6. The lowest BCUT2D eigenvalue weighted by Gasteiger charge is -2.32. The fraction of sp³-hybridized carbons (Fsp3) is 0.400. The zero-order valence-corrected chi connectivity index (χ0v) is 14.4. The van der Waals surface area contributed by atoms with Crippen LogP contribution in [0, 0.1) is 5.41 Å². The number of ketones is 1. The van der Waals surface area contributed by atoms with Gasteiger partial charge in [-0.05, 0) is 50.2 Å². The molecule has 0 aromatic heterocycles. The van der Waals surface area contributed by atoms with Crippen molar-refractivity contribution < 1.29 is 14.7 Å². The van der Waals surface area contributed by atoms with Gasteiger partial charge >= 0.3 is 0 Å². The summed E-state index contributed by atoms with van der Waals surface area (Å²) in [5.41, 5.74) is 4.05. The van der Waals surface area contributed by atoms with Gasteiger partial charge in [-0.25, -0.2) is 0 Å². The van der Waals surface area contributed by atoms with Gasteiger partial charge in [0.1, 0.15) is 0 Å². The second-order valence-corrected chi connectivity index (χ2v) is 6.60. The molecule has 0 bridgehead atoms. The van der Waals surface area contributed by atoms with Crippen LogP contribution in [0.2, 0.25) is 0 Å². The van der Waals surface area contributed by atoms with Crippen LogP contribution in [0.15, 0.2) is 58.9 Å². The van der Waals surface area contributed by atoms with E-state index >= 15 is 0 Å². The van der Waals surface area contributed by atoms with Crippen LogP contribution in [0.5, 0.6) is 0 Å². The van der Waals surface area contributed by atoms with Gasteiger partial charge in [0.15, 0.2) is 6.29 Å². The van der Waals surface area contributed by atoms with E-state index < -0.39 is 5.78 Å². The predicted molar refractivity (Wildman–Crippen MR) is 94.2 cm³/mol. The molecule has 3 nitrogen and oxygen atoms in total. The van der Waals surface area contributed by atoms with E-state index in [9.17, 15) is 9.59 Å². The SMILES string of the molecule is CC(C=CC1=C(C)CCCC1(C)C)=CC=CC(=CO)C(=O)C=O. The third-order valence-corrected chi connectivity index (χ3v) is 4.22. The molecule has 124 valence electrons. The van der Waals surface area contributed by atoms with E-state index in [0.717, 1.165) is 12.0 Å². The van der Waals surface area contributed by atoms with Crippen molar-refractivity contribution in [3.05, 3.63) is 58.9 Å². The summed E-state index contributed by atoms with van der Waals surface area (Å²) >= 11 is 0. The summed E-state index contributed by atoms with van der Waals surface area (Å²) < 4.78 is 0. The summed E-state index contributed by atoms with van der Waals surface area (Å²) in [5, 5.41) is 8.92. The first-order chi connectivity index (χ1) is 10.8. The maximum absolute atomic E-state index is 11.2. The minimum atomic E-state index is -0.741. The van der Waals surface area contributed by atoms with Crippen LogP contribution in [-0.4, -0.2) is 17.2 Å². The molecule has 0 unspecified atom stereocenters. The summed E-state index contributed by atoms with van der Waals surface area (Å²) in [6.07, 6.45) is 13.6. The number of rotatable bonds is 6. The molecule has 0 aromatic carbocycles. The van der Waals surface area contributed by atoms with Gasteiger partial charge in [-0.3, -0.25) is 9.59 Å². The first-order valence-electron chi connectivity index (χ1n) is 7.89. The maximum Gasteiger partial charge on any atom is 0.228 e. The van der Waals surface area contributed by atoms with E-state index in [-0.39, 0.29) is 17.3 Å². The smallest absolute Gasteiger partial charge is 0.228 e. The Kier molecular flexibility index (Phi) is 6.95. The zero-order valence-electron chi connectivity index (χ0n) is 14.4. The number of carbonyl (C=O) groups excluding carboxylic acids is 2. The lowest BCUT2D eigenvalue weighted by molar-refractivity contribution is -0.127. The predicted octanol–water partition coefficient (Wildman–Crippen LogP) is 4.78. The van der Waals surface area contributed by atoms with Crippen LogP contribution in [0.25, 0.3) is 0 Å². The second-order valence-electron chi connectivity index (χ2n) is 6.60. The Balaban J connectivity index is 2.84. The van der Waals surface area contributed by atoms with Crippen LogP contribution in [0.3, 0.4) is 0 Å². The monoisotopic (exact) mass is 314 g/mol. The van der Waals surface area contributed by atoms with Crippen LogP contribution < -0.4 is 0 Å². The minimum absolute atomic E-state index is 0.0278. The molecule has 0 saturated heterocycles. The van der Waals surface area contributed by atoms with Crippen molar-refractivity contribution in [1.29, 1.82) is 0 Å². The van der Waals surface area contributed by atoms with Crippen molar-refractivity contribution >= 4 is 12.1 Å². The molecule has 0 saturated carbocycles. The second kappa shape index (κ2) is 8.47. The largest absolute Gasteiger partial charge is 0.515 e. The molecule has 1 aliphatic carbocycles. The Morgan fingerprint density at radius 1 is 1.26 bits per heavy atom. The average Bonchev–Trinajstić information content (AvgIpc) is 2.49. The van der Waals surface area contributed by atoms with Gasteiger partial charge in [0.25, 0.3) is 0 Å². The Bertz CT molecular complexity index is 611.